The number of nitrogen functional groups attached to an aromatic ring is 1. The molecule has 0 saturated heterocycles. The van der Waals surface area contributed by atoms with E-state index in [1.54, 1.807) is 49.5 Å². The second-order valence-electron chi connectivity index (χ2n) is 9.69. The number of carboxylic acids is 1. The minimum Gasteiger partial charge on any atom is -0.475 e. The van der Waals surface area contributed by atoms with Crippen molar-refractivity contribution < 1.29 is 41.1 Å². The lowest BCUT2D eigenvalue weighted by molar-refractivity contribution is -0.192. The minimum atomic E-state index is -5.08. The molecule has 0 aliphatic rings. The summed E-state index contributed by atoms with van der Waals surface area (Å²) in [6, 6.07) is 17.9. The third-order valence-corrected chi connectivity index (χ3v) is 8.41. The number of hydrogen-bond acceptors (Lipinski definition) is 8. The summed E-state index contributed by atoms with van der Waals surface area (Å²) in [6.45, 7) is 2.82. The van der Waals surface area contributed by atoms with Gasteiger partial charge >= 0.3 is 12.1 Å². The number of fused-ring (bicyclic) bond motifs is 1. The van der Waals surface area contributed by atoms with Crippen molar-refractivity contribution in [1.29, 1.82) is 0 Å². The van der Waals surface area contributed by atoms with Gasteiger partial charge in [-0.05, 0) is 71.1 Å². The van der Waals surface area contributed by atoms with Gasteiger partial charge in [-0.25, -0.2) is 18.2 Å². The molecule has 11 nitrogen and oxygen atoms in total. The number of pyridine rings is 1. The molecule has 4 rings (SSSR count). The van der Waals surface area contributed by atoms with E-state index < -0.39 is 33.9 Å². The topological polar surface area (TPSA) is 181 Å². The van der Waals surface area contributed by atoms with Crippen molar-refractivity contribution in [3.8, 4) is 0 Å². The van der Waals surface area contributed by atoms with Crippen molar-refractivity contribution in [3.05, 3.63) is 89.1 Å². The Morgan fingerprint density at radius 1 is 1.02 bits per heavy atom. The molecule has 6 N–H and O–H groups in total. The number of hydrogen-bond donors (Lipinski definition) is 5. The summed E-state index contributed by atoms with van der Waals surface area (Å²) < 4.78 is 57.2. The number of benzene rings is 3. The quantitative estimate of drug-likeness (QED) is 0.156. The molecule has 0 radical (unpaired) electrons. The number of nitrogens with zero attached hydrogens (tertiary/aromatic N) is 1. The van der Waals surface area contributed by atoms with Crippen LogP contribution in [0.15, 0.2) is 77.8 Å². The number of sulfone groups is 1. The molecule has 1 atom stereocenters. The molecule has 0 spiro atoms. The molecule has 244 valence electrons. The predicted molar refractivity (Wildman–Crippen MR) is 168 cm³/mol. The summed E-state index contributed by atoms with van der Waals surface area (Å²) in [7, 11) is -3.59. The molecular weight excluding hydrogens is 651 g/mol. The van der Waals surface area contributed by atoms with Crippen molar-refractivity contribution >= 4 is 67.2 Å². The second kappa shape index (κ2) is 14.9. The number of halogens is 4. The highest BCUT2D eigenvalue weighted by Crippen LogP contribution is 2.28. The average molecular weight is 680 g/mol. The predicted octanol–water partition coefficient (Wildman–Crippen LogP) is 5.33. The molecule has 4 aromatic rings. The van der Waals surface area contributed by atoms with E-state index in [1.165, 1.54) is 19.1 Å². The highest BCUT2D eigenvalue weighted by molar-refractivity contribution is 7.91. The zero-order valence-corrected chi connectivity index (χ0v) is 25.9. The first-order chi connectivity index (χ1) is 21.5. The third-order valence-electron chi connectivity index (χ3n) is 6.34. The number of nitrogens with one attached hydrogen (secondary N) is 3. The van der Waals surface area contributed by atoms with Crippen molar-refractivity contribution in [2.45, 2.75) is 37.5 Å². The van der Waals surface area contributed by atoms with Gasteiger partial charge in [-0.3, -0.25) is 9.59 Å². The van der Waals surface area contributed by atoms with Crippen LogP contribution in [0.2, 0.25) is 5.02 Å². The maximum absolute atomic E-state index is 13.6. The molecular formula is C30H29ClF3N5O6S. The first-order valence-electron chi connectivity index (χ1n) is 13.4. The lowest BCUT2D eigenvalue weighted by Gasteiger charge is -2.21. The minimum absolute atomic E-state index is 0.0838. The number of carboxylic acid groups (broad SMARTS) is 1. The van der Waals surface area contributed by atoms with E-state index in [1.807, 2.05) is 18.2 Å². The van der Waals surface area contributed by atoms with Gasteiger partial charge < -0.3 is 26.8 Å². The number of anilines is 3. The monoisotopic (exact) mass is 679 g/mol. The molecule has 1 heterocycles. The summed E-state index contributed by atoms with van der Waals surface area (Å²) in [5, 5.41) is 18.0. The van der Waals surface area contributed by atoms with Crippen LogP contribution in [0.25, 0.3) is 10.8 Å². The summed E-state index contributed by atoms with van der Waals surface area (Å²) in [5.74, 6) is -3.16. The molecule has 0 fully saturated rings. The maximum atomic E-state index is 13.6. The molecule has 2 amide bonds. The van der Waals surface area contributed by atoms with Crippen LogP contribution in [0.3, 0.4) is 0 Å². The number of carbonyl (C=O) groups excluding carboxylic acids is 2. The molecule has 3 aromatic carbocycles. The van der Waals surface area contributed by atoms with Gasteiger partial charge in [-0.2, -0.15) is 13.2 Å². The van der Waals surface area contributed by atoms with Crippen molar-refractivity contribution in [3.63, 3.8) is 0 Å². The Balaban J connectivity index is 0.000000738. The summed E-state index contributed by atoms with van der Waals surface area (Å²) in [6.07, 6.45) is -3.47. The van der Waals surface area contributed by atoms with Gasteiger partial charge in [0.2, 0.25) is 11.8 Å². The van der Waals surface area contributed by atoms with Gasteiger partial charge in [0.05, 0.1) is 10.6 Å². The summed E-state index contributed by atoms with van der Waals surface area (Å²) in [5.41, 5.74) is 8.03. The molecule has 0 aliphatic carbocycles. The second-order valence-corrected chi connectivity index (χ2v) is 12.4. The zero-order chi connectivity index (χ0) is 34.2. The van der Waals surface area contributed by atoms with Crippen LogP contribution in [0, 0.1) is 0 Å². The van der Waals surface area contributed by atoms with Crippen molar-refractivity contribution in [2.75, 3.05) is 22.1 Å². The Bertz CT molecular complexity index is 1870. The molecule has 0 aliphatic heterocycles. The summed E-state index contributed by atoms with van der Waals surface area (Å²) >= 11 is 6.23. The highest BCUT2D eigenvalue weighted by atomic mass is 35.5. The maximum Gasteiger partial charge on any atom is 0.490 e. The summed E-state index contributed by atoms with van der Waals surface area (Å²) in [4.78, 5) is 38.2. The first kappa shape index (κ1) is 35.6. The smallest absolute Gasteiger partial charge is 0.475 e. The van der Waals surface area contributed by atoms with Gasteiger partial charge in [0, 0.05) is 41.4 Å². The van der Waals surface area contributed by atoms with E-state index in [0.717, 1.165) is 10.8 Å². The van der Waals surface area contributed by atoms with Crippen molar-refractivity contribution in [1.82, 2.24) is 10.3 Å². The molecule has 1 aromatic heterocycles. The fraction of sp³-hybridized carbons (Fsp3) is 0.200. The molecule has 46 heavy (non-hydrogen) atoms. The number of aromatic nitrogens is 1. The van der Waals surface area contributed by atoms with E-state index in [-0.39, 0.29) is 23.1 Å². The highest BCUT2D eigenvalue weighted by Gasteiger charge is 2.38. The number of nitrogens with two attached hydrogens (primary N) is 1. The van der Waals surface area contributed by atoms with E-state index in [0.29, 0.717) is 33.3 Å². The standard InChI is InChI=1S/C28H28ClN5O4S.C2HF3O2/c1-3-39(37,38)25-10-8-22(33-17(2)35)15-20(25)16-32-28(36)26(19-5-4-6-21(29)13-19)34-23-7-9-24-18(14-23)11-12-31-27(24)30;3-2(4,5)1(6)7/h4-15,26,34H,3,16H2,1-2H3,(H2,30,31)(H,32,36)(H,33,35);(H,6,7). The Labute approximate surface area is 266 Å². The number of aliphatic carboxylic acids is 1. The Morgan fingerprint density at radius 3 is 2.30 bits per heavy atom. The van der Waals surface area contributed by atoms with Crippen LogP contribution >= 0.6 is 11.6 Å². The van der Waals surface area contributed by atoms with Crippen LogP contribution in [-0.4, -0.2) is 48.2 Å². The van der Waals surface area contributed by atoms with Crippen LogP contribution in [-0.2, 0) is 30.8 Å². The lowest BCUT2D eigenvalue weighted by Crippen LogP contribution is -2.33. The SMILES string of the molecule is CCS(=O)(=O)c1ccc(NC(C)=O)cc1CNC(=O)C(Nc1ccc2c(N)nccc2c1)c1cccc(Cl)c1.O=C(O)C(F)(F)F. The Kier molecular flexibility index (Phi) is 11.5. The van der Waals surface area contributed by atoms with Crippen LogP contribution in [0.4, 0.5) is 30.4 Å². The van der Waals surface area contributed by atoms with E-state index in [9.17, 15) is 31.2 Å². The van der Waals surface area contributed by atoms with E-state index >= 15 is 0 Å². The first-order valence-corrected chi connectivity index (χ1v) is 15.4. The van der Waals surface area contributed by atoms with Gasteiger partial charge in [0.1, 0.15) is 11.9 Å². The molecule has 16 heteroatoms. The van der Waals surface area contributed by atoms with E-state index in [2.05, 4.69) is 20.9 Å². The third kappa shape index (κ3) is 9.55. The molecule has 1 unspecified atom stereocenters. The van der Waals surface area contributed by atoms with Crippen LogP contribution < -0.4 is 21.7 Å². The largest absolute Gasteiger partial charge is 0.490 e. The van der Waals surface area contributed by atoms with E-state index in [4.69, 9.17) is 27.2 Å². The van der Waals surface area contributed by atoms with Gasteiger partial charge in [-0.1, -0.05) is 30.7 Å². The number of amides is 2. The number of carbonyl (C=O) groups is 3. The average Bonchev–Trinajstić information content (AvgIpc) is 2.98. The fourth-order valence-corrected chi connectivity index (χ4v) is 5.50. The van der Waals surface area contributed by atoms with Crippen molar-refractivity contribution in [2.24, 2.45) is 0 Å². The lowest BCUT2D eigenvalue weighted by atomic mass is 10.0. The van der Waals surface area contributed by atoms with Gasteiger partial charge in [0.25, 0.3) is 0 Å². The molecule has 0 bridgehead atoms. The fourth-order valence-electron chi connectivity index (χ4n) is 4.19. The normalized spacial score (nSPS) is 12.0. The molecule has 0 saturated carbocycles. The van der Waals surface area contributed by atoms with Crippen LogP contribution in [0.1, 0.15) is 31.0 Å². The number of rotatable bonds is 9. The van der Waals surface area contributed by atoms with Gasteiger partial charge in [0.15, 0.2) is 9.84 Å². The Hall–Kier alpha value is -4.89. The van der Waals surface area contributed by atoms with Gasteiger partial charge in [-0.15, -0.1) is 0 Å². The Morgan fingerprint density at radius 2 is 1.70 bits per heavy atom. The number of alkyl halides is 3. The van der Waals surface area contributed by atoms with Crippen LogP contribution in [0.5, 0.6) is 0 Å². The zero-order valence-electron chi connectivity index (χ0n) is 24.4.